The van der Waals surface area contributed by atoms with Crippen molar-refractivity contribution in [1.29, 1.82) is 0 Å². The molecule has 0 radical (unpaired) electrons. The van der Waals surface area contributed by atoms with Gasteiger partial charge in [0.2, 0.25) is 0 Å². The second-order valence-electron chi connectivity index (χ2n) is 4.94. The zero-order valence-corrected chi connectivity index (χ0v) is 15.0. The summed E-state index contributed by atoms with van der Waals surface area (Å²) >= 11 is 8.38. The van der Waals surface area contributed by atoms with Gasteiger partial charge in [0, 0.05) is 19.2 Å². The van der Waals surface area contributed by atoms with Crippen molar-refractivity contribution < 1.29 is 9.53 Å². The van der Waals surface area contributed by atoms with E-state index in [0.29, 0.717) is 12.5 Å². The molecule has 2 atom stereocenters. The lowest BCUT2D eigenvalue weighted by atomic mass is 9.95. The minimum Gasteiger partial charge on any atom is -0.380 e. The van der Waals surface area contributed by atoms with E-state index in [1.807, 2.05) is 6.07 Å². The van der Waals surface area contributed by atoms with Crippen LogP contribution >= 0.6 is 43.2 Å². The Morgan fingerprint density at radius 1 is 1.58 bits per heavy atom. The highest BCUT2D eigenvalue weighted by Crippen LogP contribution is 2.32. The fraction of sp³-hybridized carbons (Fsp3) is 0.615. The summed E-state index contributed by atoms with van der Waals surface area (Å²) in [4.78, 5) is 14.5. The maximum Gasteiger partial charge on any atom is 0.178 e. The first-order valence-corrected chi connectivity index (χ1v) is 8.64. The van der Waals surface area contributed by atoms with Crippen molar-refractivity contribution in [2.24, 2.45) is 5.92 Å². The molecule has 1 fully saturated rings. The van der Waals surface area contributed by atoms with E-state index < -0.39 is 0 Å². The number of rotatable bonds is 4. The Labute approximate surface area is 134 Å². The molecule has 0 aromatic carbocycles. The standard InChI is InChI=1S/C13H17Br2NO2S/c1-8-3-4-16(7-11(8)18-2)6-10(17)9-5-12(14)19-13(9)15/h5,8,11H,3-4,6-7H2,1-2H3. The molecule has 1 aromatic rings. The third kappa shape index (κ3) is 3.88. The van der Waals surface area contributed by atoms with Crippen molar-refractivity contribution >= 4 is 49.0 Å². The van der Waals surface area contributed by atoms with Crippen LogP contribution in [0.5, 0.6) is 0 Å². The number of carbonyl (C=O) groups is 1. The summed E-state index contributed by atoms with van der Waals surface area (Å²) in [6.45, 7) is 4.48. The average Bonchev–Trinajstić information content (AvgIpc) is 2.71. The van der Waals surface area contributed by atoms with Gasteiger partial charge in [-0.15, -0.1) is 11.3 Å². The number of nitrogens with zero attached hydrogens (tertiary/aromatic N) is 1. The fourth-order valence-electron chi connectivity index (χ4n) is 2.37. The molecule has 1 aliphatic heterocycles. The molecule has 2 unspecified atom stereocenters. The molecule has 19 heavy (non-hydrogen) atoms. The molecule has 1 saturated heterocycles. The predicted molar refractivity (Wildman–Crippen MR) is 85.1 cm³/mol. The summed E-state index contributed by atoms with van der Waals surface area (Å²) in [6, 6.07) is 1.89. The van der Waals surface area contributed by atoms with Gasteiger partial charge in [-0.3, -0.25) is 9.69 Å². The molecule has 0 saturated carbocycles. The van der Waals surface area contributed by atoms with Crippen LogP contribution in [0.1, 0.15) is 23.7 Å². The summed E-state index contributed by atoms with van der Waals surface area (Å²) in [5.74, 6) is 0.733. The van der Waals surface area contributed by atoms with Crippen LogP contribution in [0.4, 0.5) is 0 Å². The number of likely N-dealkylation sites (tertiary alicyclic amines) is 1. The molecule has 0 N–H and O–H groups in total. The van der Waals surface area contributed by atoms with Crippen molar-refractivity contribution in [1.82, 2.24) is 4.90 Å². The highest BCUT2D eigenvalue weighted by atomic mass is 79.9. The molecule has 0 amide bonds. The van der Waals surface area contributed by atoms with Crippen LogP contribution in [0, 0.1) is 5.92 Å². The van der Waals surface area contributed by atoms with Gasteiger partial charge in [-0.1, -0.05) is 6.92 Å². The Morgan fingerprint density at radius 3 is 2.89 bits per heavy atom. The van der Waals surface area contributed by atoms with Crippen LogP contribution < -0.4 is 0 Å². The normalized spacial score (nSPS) is 24.6. The van der Waals surface area contributed by atoms with Gasteiger partial charge in [-0.05, 0) is 56.8 Å². The van der Waals surface area contributed by atoms with Crippen molar-refractivity contribution in [3.63, 3.8) is 0 Å². The fourth-order valence-corrected chi connectivity index (χ4v) is 5.22. The van der Waals surface area contributed by atoms with Crippen molar-refractivity contribution in [2.75, 3.05) is 26.7 Å². The molecule has 1 aliphatic rings. The van der Waals surface area contributed by atoms with E-state index in [9.17, 15) is 4.79 Å². The van der Waals surface area contributed by atoms with E-state index in [1.54, 1.807) is 7.11 Å². The first-order chi connectivity index (χ1) is 9.01. The zero-order valence-electron chi connectivity index (χ0n) is 11.0. The SMILES string of the molecule is COC1CN(CC(=O)c2cc(Br)sc2Br)CCC1C. The quantitative estimate of drug-likeness (QED) is 0.706. The first-order valence-electron chi connectivity index (χ1n) is 6.24. The van der Waals surface area contributed by atoms with Crippen molar-refractivity contribution in [3.05, 3.63) is 19.2 Å². The first kappa shape index (κ1) is 15.6. The molecule has 3 nitrogen and oxygen atoms in total. The van der Waals surface area contributed by atoms with E-state index in [2.05, 4.69) is 43.7 Å². The molecule has 0 aliphatic carbocycles. The number of carbonyl (C=O) groups excluding carboxylic acids is 1. The van der Waals surface area contributed by atoms with Gasteiger partial charge >= 0.3 is 0 Å². The van der Waals surface area contributed by atoms with Gasteiger partial charge in [-0.2, -0.15) is 0 Å². The van der Waals surface area contributed by atoms with E-state index in [1.165, 1.54) is 11.3 Å². The van der Waals surface area contributed by atoms with Crippen LogP contribution in [0.15, 0.2) is 13.6 Å². The number of methoxy groups -OCH3 is 1. The zero-order chi connectivity index (χ0) is 14.0. The topological polar surface area (TPSA) is 29.5 Å². The number of halogens is 2. The lowest BCUT2D eigenvalue weighted by Gasteiger charge is -2.35. The second-order valence-corrected chi connectivity index (χ2v) is 8.69. The third-order valence-corrected chi connectivity index (χ3v) is 5.94. The maximum atomic E-state index is 12.3. The van der Waals surface area contributed by atoms with Gasteiger partial charge < -0.3 is 4.74 Å². The minimum atomic E-state index is 0.165. The molecule has 6 heteroatoms. The molecule has 2 heterocycles. The van der Waals surface area contributed by atoms with Crippen molar-refractivity contribution in [2.45, 2.75) is 19.4 Å². The minimum absolute atomic E-state index is 0.165. The van der Waals surface area contributed by atoms with E-state index in [-0.39, 0.29) is 11.9 Å². The predicted octanol–water partition coefficient (Wildman–Crippen LogP) is 3.81. The number of hydrogen-bond donors (Lipinski definition) is 0. The molecule has 2 rings (SSSR count). The van der Waals surface area contributed by atoms with Crippen LogP contribution in [0.3, 0.4) is 0 Å². The number of ether oxygens (including phenoxy) is 1. The van der Waals surface area contributed by atoms with E-state index in [4.69, 9.17) is 4.74 Å². The lowest BCUT2D eigenvalue weighted by Crippen LogP contribution is -2.45. The summed E-state index contributed by atoms with van der Waals surface area (Å²) in [6.07, 6.45) is 1.32. The summed E-state index contributed by atoms with van der Waals surface area (Å²) in [5.41, 5.74) is 0.768. The van der Waals surface area contributed by atoms with Gasteiger partial charge in [0.1, 0.15) is 0 Å². The Morgan fingerprint density at radius 2 is 2.32 bits per heavy atom. The Kier molecular flexibility index (Phi) is 5.60. The summed E-state index contributed by atoms with van der Waals surface area (Å²) in [5, 5.41) is 0. The van der Waals surface area contributed by atoms with Crippen molar-refractivity contribution in [3.8, 4) is 0 Å². The third-order valence-electron chi connectivity index (χ3n) is 3.60. The molecular weight excluding hydrogens is 394 g/mol. The van der Waals surface area contributed by atoms with Gasteiger partial charge in [0.05, 0.1) is 20.2 Å². The maximum absolute atomic E-state index is 12.3. The summed E-state index contributed by atoms with van der Waals surface area (Å²) < 4.78 is 7.36. The molecule has 0 bridgehead atoms. The Hall–Kier alpha value is 0.250. The highest BCUT2D eigenvalue weighted by Gasteiger charge is 2.27. The van der Waals surface area contributed by atoms with Gasteiger partial charge in [0.25, 0.3) is 0 Å². The molecule has 0 spiro atoms. The smallest absolute Gasteiger partial charge is 0.178 e. The molecule has 1 aromatic heterocycles. The van der Waals surface area contributed by atoms with Gasteiger partial charge in [-0.25, -0.2) is 0 Å². The largest absolute Gasteiger partial charge is 0.380 e. The highest BCUT2D eigenvalue weighted by molar-refractivity contribution is 9.12. The van der Waals surface area contributed by atoms with Crippen LogP contribution in [-0.2, 0) is 4.74 Å². The van der Waals surface area contributed by atoms with Crippen LogP contribution in [0.25, 0.3) is 0 Å². The number of piperidine rings is 1. The van der Waals surface area contributed by atoms with E-state index >= 15 is 0 Å². The average molecular weight is 411 g/mol. The Bertz CT molecular complexity index is 463. The monoisotopic (exact) mass is 409 g/mol. The number of ketones is 1. The number of thiophene rings is 1. The molecular formula is C13H17Br2NO2S. The number of hydrogen-bond acceptors (Lipinski definition) is 4. The Balaban J connectivity index is 1.98. The molecule has 106 valence electrons. The number of Topliss-reactive ketones (excluding diaryl/α,β-unsaturated/α-hetero) is 1. The second kappa shape index (κ2) is 6.80. The lowest BCUT2D eigenvalue weighted by molar-refractivity contribution is -0.00324. The van der Waals surface area contributed by atoms with Crippen LogP contribution in [0.2, 0.25) is 0 Å². The van der Waals surface area contributed by atoms with Crippen LogP contribution in [-0.4, -0.2) is 43.5 Å². The summed E-state index contributed by atoms with van der Waals surface area (Å²) in [7, 11) is 1.75. The van der Waals surface area contributed by atoms with Gasteiger partial charge in [0.15, 0.2) is 5.78 Å². The van der Waals surface area contributed by atoms with E-state index in [0.717, 1.165) is 32.6 Å².